The van der Waals surface area contributed by atoms with Crippen LogP contribution in [0, 0.1) is 0 Å². The fourth-order valence-electron chi connectivity index (χ4n) is 2.22. The van der Waals surface area contributed by atoms with E-state index in [4.69, 9.17) is 14.2 Å². The predicted octanol–water partition coefficient (Wildman–Crippen LogP) is 0.127. The molecule has 4 atom stereocenters. The van der Waals surface area contributed by atoms with Gasteiger partial charge in [-0.15, -0.1) is 0 Å². The number of halogens is 1. The average molecular weight is 272 g/mol. The van der Waals surface area contributed by atoms with Gasteiger partial charge >= 0.3 is 0 Å². The Bertz CT molecular complexity index is 401. The Kier molecular flexibility index (Phi) is 4.18. The molecule has 0 aromatic rings. The molecule has 0 radical (unpaired) electrons. The van der Waals surface area contributed by atoms with Gasteiger partial charge in [-0.3, -0.25) is 4.79 Å². The van der Waals surface area contributed by atoms with Gasteiger partial charge in [-0.25, -0.2) is 4.39 Å². The first-order valence-corrected chi connectivity index (χ1v) is 5.86. The molecule has 1 fully saturated rings. The molecule has 1 unspecified atom stereocenters. The van der Waals surface area contributed by atoms with Gasteiger partial charge < -0.3 is 24.4 Å². The Balaban J connectivity index is 2.14. The van der Waals surface area contributed by atoms with E-state index in [1.165, 1.54) is 31.4 Å². The second-order valence-corrected chi connectivity index (χ2v) is 4.32. The fraction of sp³-hybridized carbons (Fsp3) is 0.583. The van der Waals surface area contributed by atoms with Crippen LogP contribution in [-0.2, 0) is 19.0 Å². The van der Waals surface area contributed by atoms with Gasteiger partial charge in [-0.2, -0.15) is 0 Å². The summed E-state index contributed by atoms with van der Waals surface area (Å²) in [5.74, 6) is -0.0283. The normalized spacial score (nSPS) is 34.8. The fourth-order valence-corrected chi connectivity index (χ4v) is 2.22. The van der Waals surface area contributed by atoms with Crippen LogP contribution in [0.1, 0.15) is 0 Å². The van der Waals surface area contributed by atoms with Crippen molar-refractivity contribution in [3.05, 3.63) is 24.7 Å². The minimum Gasteiger partial charge on any atom is -0.382 e. The van der Waals surface area contributed by atoms with Crippen molar-refractivity contribution in [3.63, 3.8) is 0 Å². The molecule has 1 amide bonds. The van der Waals surface area contributed by atoms with Crippen LogP contribution >= 0.6 is 0 Å². The summed E-state index contributed by atoms with van der Waals surface area (Å²) < 4.78 is 30.1. The monoisotopic (exact) mass is 272 g/mol. The molecule has 0 aliphatic carbocycles. The second-order valence-electron chi connectivity index (χ2n) is 4.32. The van der Waals surface area contributed by atoms with Gasteiger partial charge in [0.1, 0.15) is 18.0 Å². The van der Waals surface area contributed by atoms with Crippen LogP contribution in [0.15, 0.2) is 24.7 Å². The zero-order valence-corrected chi connectivity index (χ0v) is 10.8. The molecule has 6 nitrogen and oxygen atoms in total. The van der Waals surface area contributed by atoms with Crippen molar-refractivity contribution in [2.45, 2.75) is 24.6 Å². The highest BCUT2D eigenvalue weighted by atomic mass is 19.1. The number of nitrogens with one attached hydrogen (secondary N) is 1. The van der Waals surface area contributed by atoms with Gasteiger partial charge in [-0.1, -0.05) is 6.58 Å². The summed E-state index contributed by atoms with van der Waals surface area (Å²) in [7, 11) is 2.94. The SMILES string of the molecule is C=C1NC(=O)C=CN1[C@@H]1O[C@H](COC)[C@@H](OC)C1F. The molecule has 0 bridgehead atoms. The summed E-state index contributed by atoms with van der Waals surface area (Å²) in [5.41, 5.74) is 0. The van der Waals surface area contributed by atoms with E-state index >= 15 is 0 Å². The number of carbonyl (C=O) groups excluding carboxylic acids is 1. The Labute approximate surface area is 110 Å². The van der Waals surface area contributed by atoms with E-state index in [1.54, 1.807) is 0 Å². The quantitative estimate of drug-likeness (QED) is 0.788. The molecule has 1 N–H and O–H groups in total. The molecule has 0 aromatic heterocycles. The molecule has 0 spiro atoms. The number of ether oxygens (including phenoxy) is 3. The smallest absolute Gasteiger partial charge is 0.250 e. The third kappa shape index (κ3) is 2.63. The number of nitrogens with zero attached hydrogens (tertiary/aromatic N) is 1. The van der Waals surface area contributed by atoms with Crippen molar-refractivity contribution in [1.82, 2.24) is 10.2 Å². The highest BCUT2D eigenvalue weighted by molar-refractivity contribution is 5.89. The van der Waals surface area contributed by atoms with E-state index in [0.29, 0.717) is 0 Å². The highest BCUT2D eigenvalue weighted by Gasteiger charge is 2.48. The first kappa shape index (κ1) is 14.0. The number of rotatable bonds is 4. The molecular formula is C12H17FN2O4. The summed E-state index contributed by atoms with van der Waals surface area (Å²) >= 11 is 0. The van der Waals surface area contributed by atoms with Crippen molar-refractivity contribution in [1.29, 1.82) is 0 Å². The topological polar surface area (TPSA) is 60.0 Å². The zero-order chi connectivity index (χ0) is 14.0. The molecule has 2 aliphatic rings. The van der Waals surface area contributed by atoms with Crippen LogP contribution in [0.3, 0.4) is 0 Å². The average Bonchev–Trinajstić information content (AvgIpc) is 2.66. The van der Waals surface area contributed by atoms with Crippen LogP contribution in [0.5, 0.6) is 0 Å². The van der Waals surface area contributed by atoms with E-state index in [1.807, 2.05) is 0 Å². The van der Waals surface area contributed by atoms with Crippen LogP contribution in [0.2, 0.25) is 0 Å². The predicted molar refractivity (Wildman–Crippen MR) is 64.5 cm³/mol. The van der Waals surface area contributed by atoms with E-state index < -0.39 is 24.6 Å². The summed E-state index contributed by atoms with van der Waals surface area (Å²) in [6.07, 6.45) is -0.759. The Hall–Kier alpha value is -1.44. The van der Waals surface area contributed by atoms with Crippen molar-refractivity contribution in [2.75, 3.05) is 20.8 Å². The van der Waals surface area contributed by atoms with Crippen LogP contribution in [0.4, 0.5) is 4.39 Å². The van der Waals surface area contributed by atoms with Gasteiger partial charge in [0.2, 0.25) is 0 Å². The maximum atomic E-state index is 14.3. The number of carbonyl (C=O) groups is 1. The maximum absolute atomic E-state index is 14.3. The Morgan fingerprint density at radius 2 is 2.32 bits per heavy atom. The summed E-state index contributed by atoms with van der Waals surface area (Å²) in [6, 6.07) is 0. The van der Waals surface area contributed by atoms with Gasteiger partial charge in [0.25, 0.3) is 5.91 Å². The summed E-state index contributed by atoms with van der Waals surface area (Å²) in [4.78, 5) is 12.6. The van der Waals surface area contributed by atoms with Gasteiger partial charge in [0.05, 0.1) is 6.61 Å². The number of hydrogen-bond donors (Lipinski definition) is 1. The van der Waals surface area contributed by atoms with Crippen molar-refractivity contribution in [2.24, 2.45) is 0 Å². The third-order valence-electron chi connectivity index (χ3n) is 3.11. The molecular weight excluding hydrogens is 255 g/mol. The number of alkyl halides is 1. The van der Waals surface area contributed by atoms with E-state index in [0.717, 1.165) is 0 Å². The van der Waals surface area contributed by atoms with Crippen molar-refractivity contribution >= 4 is 5.91 Å². The van der Waals surface area contributed by atoms with Crippen molar-refractivity contribution in [3.8, 4) is 0 Å². The summed E-state index contributed by atoms with van der Waals surface area (Å²) in [5, 5.41) is 2.49. The van der Waals surface area contributed by atoms with E-state index in [-0.39, 0.29) is 18.3 Å². The minimum atomic E-state index is -1.37. The Morgan fingerprint density at radius 3 is 2.89 bits per heavy atom. The van der Waals surface area contributed by atoms with Crippen molar-refractivity contribution < 1.29 is 23.4 Å². The molecule has 106 valence electrons. The largest absolute Gasteiger partial charge is 0.382 e. The van der Waals surface area contributed by atoms with Crippen LogP contribution in [-0.4, -0.2) is 56.2 Å². The lowest BCUT2D eigenvalue weighted by atomic mass is 10.1. The van der Waals surface area contributed by atoms with Crippen LogP contribution < -0.4 is 5.32 Å². The number of methoxy groups -OCH3 is 2. The minimum absolute atomic E-state index is 0.228. The molecule has 0 aromatic carbocycles. The lowest BCUT2D eigenvalue weighted by Gasteiger charge is -2.31. The molecule has 2 heterocycles. The molecule has 7 heteroatoms. The van der Waals surface area contributed by atoms with Gasteiger partial charge in [0.15, 0.2) is 12.4 Å². The zero-order valence-electron chi connectivity index (χ0n) is 10.8. The number of hydrogen-bond acceptors (Lipinski definition) is 5. The summed E-state index contributed by atoms with van der Waals surface area (Å²) in [6.45, 7) is 3.90. The molecule has 2 rings (SSSR count). The number of amides is 1. The molecule has 2 aliphatic heterocycles. The molecule has 1 saturated heterocycles. The first-order chi connectivity index (χ1) is 9.08. The lowest BCUT2D eigenvalue weighted by molar-refractivity contribution is -0.118. The van der Waals surface area contributed by atoms with Crippen LogP contribution in [0.25, 0.3) is 0 Å². The van der Waals surface area contributed by atoms with E-state index in [9.17, 15) is 9.18 Å². The van der Waals surface area contributed by atoms with Gasteiger partial charge in [0, 0.05) is 26.5 Å². The maximum Gasteiger partial charge on any atom is 0.250 e. The Morgan fingerprint density at radius 1 is 1.58 bits per heavy atom. The highest BCUT2D eigenvalue weighted by Crippen LogP contribution is 2.30. The van der Waals surface area contributed by atoms with E-state index in [2.05, 4.69) is 11.9 Å². The van der Waals surface area contributed by atoms with Gasteiger partial charge in [-0.05, 0) is 0 Å². The second kappa shape index (κ2) is 5.68. The first-order valence-electron chi connectivity index (χ1n) is 5.86. The molecule has 0 saturated carbocycles. The standard InChI is InChI=1S/C12H17FN2O4/c1-7-14-9(16)4-5-15(7)12-10(13)11(18-3)8(19-12)6-17-2/h4-5,8,10-12H,1,6H2,2-3H3,(H,14,16)/t8-,10?,11-,12-/m1/s1. The lowest BCUT2D eigenvalue weighted by Crippen LogP contribution is -2.45. The third-order valence-corrected chi connectivity index (χ3v) is 3.11. The molecule has 19 heavy (non-hydrogen) atoms.